The molecule has 3 nitrogen and oxygen atoms in total. The number of amides is 1. The van der Waals surface area contributed by atoms with Crippen molar-refractivity contribution in [1.82, 2.24) is 4.90 Å². The van der Waals surface area contributed by atoms with E-state index in [1.165, 1.54) is 0 Å². The number of hydrogen-bond acceptors (Lipinski definition) is 2. The molecule has 1 aliphatic heterocycles. The first-order valence-corrected chi connectivity index (χ1v) is 12.4. The predicted octanol–water partition coefficient (Wildman–Crippen LogP) is 5.94. The van der Waals surface area contributed by atoms with Crippen LogP contribution in [0.5, 0.6) is 5.75 Å². The van der Waals surface area contributed by atoms with Crippen LogP contribution in [0.4, 0.5) is 4.79 Å². The van der Waals surface area contributed by atoms with Crippen LogP contribution in [0.15, 0.2) is 52.8 Å². The molecule has 1 atom stereocenters. The van der Waals surface area contributed by atoms with E-state index in [0.29, 0.717) is 5.75 Å². The van der Waals surface area contributed by atoms with Crippen LogP contribution in [-0.2, 0) is 0 Å². The van der Waals surface area contributed by atoms with Gasteiger partial charge in [0.15, 0.2) is 0 Å². The maximum absolute atomic E-state index is 12.7. The molecule has 0 fully saturated rings. The number of benzene rings is 1. The summed E-state index contributed by atoms with van der Waals surface area (Å²) in [6.07, 6.45) is 6.58. The van der Waals surface area contributed by atoms with Crippen LogP contribution in [0, 0.1) is 0 Å². The Morgan fingerprint density at radius 3 is 2.50 bits per heavy atom. The predicted molar refractivity (Wildman–Crippen MR) is 103 cm³/mol. The topological polar surface area (TPSA) is 29.5 Å². The van der Waals surface area contributed by atoms with Gasteiger partial charge in [-0.25, -0.2) is 4.79 Å². The van der Waals surface area contributed by atoms with Gasteiger partial charge in [-0.3, -0.25) is 4.90 Å². The molecule has 24 heavy (non-hydrogen) atoms. The minimum Gasteiger partial charge on any atom is -0.410 e. The molecular formula is C19H26ClNO2Si. The number of nitrogens with zero attached hydrogens (tertiary/aromatic N) is 1. The third kappa shape index (κ3) is 4.74. The smallest absolute Gasteiger partial charge is 0.410 e. The number of carbonyl (C=O) groups is 1. The van der Waals surface area contributed by atoms with Gasteiger partial charge in [0, 0.05) is 11.2 Å². The molecule has 0 aromatic heterocycles. The highest BCUT2D eigenvalue weighted by molar-refractivity contribution is 6.85. The first-order chi connectivity index (χ1) is 11.3. The van der Waals surface area contributed by atoms with E-state index in [1.54, 1.807) is 17.0 Å². The second kappa shape index (κ2) is 8.04. The van der Waals surface area contributed by atoms with E-state index in [9.17, 15) is 4.79 Å². The Labute approximate surface area is 151 Å². The molecule has 1 unspecified atom stereocenters. The fraction of sp³-hybridized carbons (Fsp3) is 0.421. The SMILES string of the molecule is CCCCC1C=C(Cl)C([Si](C)(C)C)=CN1C(=O)Oc1ccccc1. The van der Waals surface area contributed by atoms with Gasteiger partial charge in [0.1, 0.15) is 5.75 Å². The van der Waals surface area contributed by atoms with Crippen molar-refractivity contribution in [2.75, 3.05) is 0 Å². The molecule has 5 heteroatoms. The molecule has 0 radical (unpaired) electrons. The molecule has 1 aliphatic rings. The molecule has 1 aromatic rings. The molecule has 1 amide bonds. The van der Waals surface area contributed by atoms with Crippen molar-refractivity contribution in [3.8, 4) is 5.75 Å². The molecule has 0 spiro atoms. The minimum atomic E-state index is -1.65. The summed E-state index contributed by atoms with van der Waals surface area (Å²) >= 11 is 6.52. The van der Waals surface area contributed by atoms with Crippen LogP contribution in [-0.4, -0.2) is 25.1 Å². The van der Waals surface area contributed by atoms with Gasteiger partial charge < -0.3 is 4.74 Å². The van der Waals surface area contributed by atoms with E-state index in [2.05, 4.69) is 26.6 Å². The van der Waals surface area contributed by atoms with Gasteiger partial charge >= 0.3 is 6.09 Å². The standard InChI is InChI=1S/C19H26ClNO2Si/c1-5-6-10-15-13-17(20)18(24(2,3)4)14-21(15)19(22)23-16-11-8-7-9-12-16/h7-9,11-15H,5-6,10H2,1-4H3. The number of ether oxygens (including phenoxy) is 1. The average Bonchev–Trinajstić information content (AvgIpc) is 2.52. The Morgan fingerprint density at radius 1 is 1.25 bits per heavy atom. The van der Waals surface area contributed by atoms with Crippen molar-refractivity contribution in [2.24, 2.45) is 0 Å². The van der Waals surface area contributed by atoms with E-state index in [0.717, 1.165) is 29.5 Å². The normalized spacial score (nSPS) is 18.0. The Morgan fingerprint density at radius 2 is 1.92 bits per heavy atom. The fourth-order valence-electron chi connectivity index (χ4n) is 2.65. The number of hydrogen-bond donors (Lipinski definition) is 0. The second-order valence-corrected chi connectivity index (χ2v) is 12.6. The minimum absolute atomic E-state index is 0.0474. The van der Waals surface area contributed by atoms with E-state index < -0.39 is 8.07 Å². The summed E-state index contributed by atoms with van der Waals surface area (Å²) in [5.74, 6) is 0.556. The molecule has 1 aromatic carbocycles. The van der Waals surface area contributed by atoms with Gasteiger partial charge in [-0.05, 0) is 29.8 Å². The molecule has 0 bridgehead atoms. The average molecular weight is 364 g/mol. The summed E-state index contributed by atoms with van der Waals surface area (Å²) in [5.41, 5.74) is 0. The summed E-state index contributed by atoms with van der Waals surface area (Å²) in [6.45, 7) is 8.82. The van der Waals surface area contributed by atoms with Crippen molar-refractivity contribution < 1.29 is 9.53 Å². The summed E-state index contributed by atoms with van der Waals surface area (Å²) in [4.78, 5) is 14.4. The first-order valence-electron chi connectivity index (χ1n) is 8.48. The van der Waals surface area contributed by atoms with E-state index in [-0.39, 0.29) is 12.1 Å². The van der Waals surface area contributed by atoms with Gasteiger partial charge in [0.2, 0.25) is 0 Å². The van der Waals surface area contributed by atoms with Gasteiger partial charge in [-0.2, -0.15) is 0 Å². The molecule has 0 saturated carbocycles. The maximum atomic E-state index is 12.7. The lowest BCUT2D eigenvalue weighted by atomic mass is 10.1. The third-order valence-electron chi connectivity index (χ3n) is 4.04. The van der Waals surface area contributed by atoms with Crippen LogP contribution < -0.4 is 4.74 Å². The van der Waals surface area contributed by atoms with Crippen LogP contribution in [0.3, 0.4) is 0 Å². The molecule has 0 N–H and O–H groups in total. The van der Waals surface area contributed by atoms with E-state index in [1.807, 2.05) is 30.5 Å². The number of allylic oxidation sites excluding steroid dienone is 2. The summed E-state index contributed by atoms with van der Waals surface area (Å²) in [6, 6.07) is 9.13. The van der Waals surface area contributed by atoms with Crippen LogP contribution in [0.25, 0.3) is 0 Å². The molecule has 0 saturated heterocycles. The fourth-order valence-corrected chi connectivity index (χ4v) is 5.02. The van der Waals surface area contributed by atoms with Gasteiger partial charge in [-0.15, -0.1) is 0 Å². The monoisotopic (exact) mass is 363 g/mol. The number of carbonyl (C=O) groups excluding carboxylic acids is 1. The molecule has 130 valence electrons. The molecule has 0 aliphatic carbocycles. The van der Waals surface area contributed by atoms with Crippen molar-refractivity contribution in [2.45, 2.75) is 51.9 Å². The van der Waals surface area contributed by atoms with Crippen molar-refractivity contribution in [3.63, 3.8) is 0 Å². The highest BCUT2D eigenvalue weighted by atomic mass is 35.5. The summed E-state index contributed by atoms with van der Waals surface area (Å²) in [5, 5.41) is 1.88. The Bertz CT molecular complexity index is 635. The molecule has 1 heterocycles. The van der Waals surface area contributed by atoms with Crippen molar-refractivity contribution >= 4 is 25.8 Å². The zero-order valence-corrected chi connectivity index (χ0v) is 16.6. The quantitative estimate of drug-likeness (QED) is 0.605. The molecule has 2 rings (SSSR count). The Kier molecular flexibility index (Phi) is 6.30. The van der Waals surface area contributed by atoms with Crippen LogP contribution in [0.2, 0.25) is 19.6 Å². The number of para-hydroxylation sites is 1. The second-order valence-electron chi connectivity index (χ2n) is 7.11. The summed E-state index contributed by atoms with van der Waals surface area (Å²) in [7, 11) is -1.65. The number of halogens is 1. The zero-order chi connectivity index (χ0) is 17.7. The van der Waals surface area contributed by atoms with E-state index in [4.69, 9.17) is 16.3 Å². The Balaban J connectivity index is 2.26. The van der Waals surface area contributed by atoms with Gasteiger partial charge in [-0.1, -0.05) is 69.2 Å². The lowest BCUT2D eigenvalue weighted by Crippen LogP contribution is -2.41. The highest BCUT2D eigenvalue weighted by Gasteiger charge is 2.32. The lowest BCUT2D eigenvalue weighted by molar-refractivity contribution is 0.159. The number of unbranched alkanes of at least 4 members (excludes halogenated alkanes) is 1. The first kappa shape index (κ1) is 18.8. The largest absolute Gasteiger partial charge is 0.419 e. The molecular weight excluding hydrogens is 338 g/mol. The van der Waals surface area contributed by atoms with E-state index >= 15 is 0 Å². The summed E-state index contributed by atoms with van der Waals surface area (Å²) < 4.78 is 5.55. The van der Waals surface area contributed by atoms with Gasteiger partial charge in [0.25, 0.3) is 0 Å². The highest BCUT2D eigenvalue weighted by Crippen LogP contribution is 2.32. The third-order valence-corrected chi connectivity index (χ3v) is 6.54. The zero-order valence-electron chi connectivity index (χ0n) is 14.9. The number of rotatable bonds is 5. The van der Waals surface area contributed by atoms with Crippen molar-refractivity contribution in [1.29, 1.82) is 0 Å². The maximum Gasteiger partial charge on any atom is 0.419 e. The van der Waals surface area contributed by atoms with Crippen molar-refractivity contribution in [3.05, 3.63) is 52.8 Å². The van der Waals surface area contributed by atoms with Gasteiger partial charge in [0.05, 0.1) is 14.1 Å². The van der Waals surface area contributed by atoms with Crippen LogP contribution in [0.1, 0.15) is 26.2 Å². The Hall–Kier alpha value is -1.52. The van der Waals surface area contributed by atoms with Crippen LogP contribution >= 0.6 is 11.6 Å². The lowest BCUT2D eigenvalue weighted by Gasteiger charge is -2.34.